The van der Waals surface area contributed by atoms with E-state index in [1.807, 2.05) is 13.0 Å². The van der Waals surface area contributed by atoms with Crippen LogP contribution in [-0.4, -0.2) is 20.8 Å². The molecule has 4 N–H and O–H groups in total. The Bertz CT molecular complexity index is 685. The lowest BCUT2D eigenvalue weighted by Crippen LogP contribution is -2.23. The molecule has 0 bridgehead atoms. The van der Waals surface area contributed by atoms with Gasteiger partial charge in [-0.1, -0.05) is 17.7 Å². The predicted molar refractivity (Wildman–Crippen MR) is 87.7 cm³/mol. The first-order valence-electron chi connectivity index (χ1n) is 6.20. The molecule has 2 aromatic rings. The van der Waals surface area contributed by atoms with E-state index in [9.17, 15) is 4.79 Å². The Morgan fingerprint density at radius 3 is 2.86 bits per heavy atom. The standard InChI is InChI=1S/C13H14ClN5OS/c1-2-19-11(12(15)20)10(7-16-19)18-13(21)17-9-5-3-4-8(14)6-9/h3-7H,2H2,1H3,(H2,15,20)(H2,17,18,21). The maximum atomic E-state index is 11.5. The minimum Gasteiger partial charge on any atom is -0.364 e. The second kappa shape index (κ2) is 6.55. The Morgan fingerprint density at radius 1 is 1.48 bits per heavy atom. The summed E-state index contributed by atoms with van der Waals surface area (Å²) in [6, 6.07) is 7.13. The smallest absolute Gasteiger partial charge is 0.269 e. The summed E-state index contributed by atoms with van der Waals surface area (Å²) >= 11 is 11.1. The Labute approximate surface area is 132 Å². The van der Waals surface area contributed by atoms with Crippen molar-refractivity contribution >= 4 is 46.2 Å². The van der Waals surface area contributed by atoms with Crippen LogP contribution in [0.5, 0.6) is 0 Å². The molecule has 1 heterocycles. The summed E-state index contributed by atoms with van der Waals surface area (Å²) in [6.07, 6.45) is 1.51. The van der Waals surface area contributed by atoms with E-state index in [1.165, 1.54) is 10.9 Å². The second-order valence-corrected chi connectivity index (χ2v) is 5.02. The zero-order valence-electron chi connectivity index (χ0n) is 11.3. The third-order valence-electron chi connectivity index (χ3n) is 2.70. The quantitative estimate of drug-likeness (QED) is 0.753. The second-order valence-electron chi connectivity index (χ2n) is 4.18. The van der Waals surface area contributed by atoms with Crippen LogP contribution in [0.3, 0.4) is 0 Å². The Hall–Kier alpha value is -2.12. The van der Waals surface area contributed by atoms with Gasteiger partial charge in [-0.15, -0.1) is 0 Å². The molecule has 0 saturated carbocycles. The van der Waals surface area contributed by atoms with Gasteiger partial charge in [0.25, 0.3) is 5.91 Å². The molecular weight excluding hydrogens is 310 g/mol. The van der Waals surface area contributed by atoms with Gasteiger partial charge in [0.15, 0.2) is 5.11 Å². The van der Waals surface area contributed by atoms with Crippen molar-refractivity contribution in [3.8, 4) is 0 Å². The van der Waals surface area contributed by atoms with Crippen LogP contribution < -0.4 is 16.4 Å². The van der Waals surface area contributed by atoms with Crippen molar-refractivity contribution in [2.24, 2.45) is 5.73 Å². The highest BCUT2D eigenvalue weighted by Gasteiger charge is 2.16. The van der Waals surface area contributed by atoms with Crippen LogP contribution in [0.2, 0.25) is 5.02 Å². The number of thiocarbonyl (C=S) groups is 1. The molecule has 6 nitrogen and oxygen atoms in total. The summed E-state index contributed by atoms with van der Waals surface area (Å²) in [6.45, 7) is 2.40. The van der Waals surface area contributed by atoms with Crippen molar-refractivity contribution in [2.75, 3.05) is 10.6 Å². The van der Waals surface area contributed by atoms with Gasteiger partial charge in [-0.3, -0.25) is 9.48 Å². The van der Waals surface area contributed by atoms with Gasteiger partial charge in [0.05, 0.1) is 11.9 Å². The molecular formula is C13H14ClN5OS. The van der Waals surface area contributed by atoms with Gasteiger partial charge in [-0.05, 0) is 37.3 Å². The van der Waals surface area contributed by atoms with Gasteiger partial charge in [-0.2, -0.15) is 5.10 Å². The third-order valence-corrected chi connectivity index (χ3v) is 3.14. The minimum atomic E-state index is -0.567. The molecule has 110 valence electrons. The lowest BCUT2D eigenvalue weighted by Gasteiger charge is -2.10. The summed E-state index contributed by atoms with van der Waals surface area (Å²) in [5.74, 6) is -0.567. The summed E-state index contributed by atoms with van der Waals surface area (Å²) < 4.78 is 1.51. The number of nitrogens with one attached hydrogen (secondary N) is 2. The van der Waals surface area contributed by atoms with Crippen LogP contribution in [-0.2, 0) is 6.54 Å². The number of primary amides is 1. The predicted octanol–water partition coefficient (Wildman–Crippen LogP) is 2.46. The van der Waals surface area contributed by atoms with Crippen LogP contribution in [0.4, 0.5) is 11.4 Å². The number of nitrogens with two attached hydrogens (primary N) is 1. The first-order chi connectivity index (χ1) is 10.0. The number of benzene rings is 1. The number of halogens is 1. The molecule has 0 aliphatic heterocycles. The van der Waals surface area contributed by atoms with Gasteiger partial charge < -0.3 is 16.4 Å². The van der Waals surface area contributed by atoms with E-state index in [1.54, 1.807) is 18.2 Å². The van der Waals surface area contributed by atoms with Crippen LogP contribution in [0.25, 0.3) is 0 Å². The Morgan fingerprint density at radius 2 is 2.24 bits per heavy atom. The summed E-state index contributed by atoms with van der Waals surface area (Å²) in [7, 11) is 0. The molecule has 1 aromatic heterocycles. The summed E-state index contributed by atoms with van der Waals surface area (Å²) in [5, 5.41) is 10.9. The lowest BCUT2D eigenvalue weighted by molar-refractivity contribution is 0.0991. The van der Waals surface area contributed by atoms with Crippen molar-refractivity contribution in [1.29, 1.82) is 0 Å². The fourth-order valence-electron chi connectivity index (χ4n) is 1.83. The van der Waals surface area contributed by atoms with E-state index in [0.29, 0.717) is 22.4 Å². The fraction of sp³-hybridized carbons (Fsp3) is 0.154. The number of amides is 1. The Kier molecular flexibility index (Phi) is 4.77. The highest BCUT2D eigenvalue weighted by Crippen LogP contribution is 2.17. The average molecular weight is 324 g/mol. The van der Waals surface area contributed by atoms with Crippen LogP contribution in [0.1, 0.15) is 17.4 Å². The molecule has 8 heteroatoms. The number of hydrogen-bond donors (Lipinski definition) is 3. The number of aryl methyl sites for hydroxylation is 1. The highest BCUT2D eigenvalue weighted by atomic mass is 35.5. The first kappa shape index (κ1) is 15.3. The van der Waals surface area contributed by atoms with Crippen molar-refractivity contribution in [3.63, 3.8) is 0 Å². The van der Waals surface area contributed by atoms with Gasteiger partial charge >= 0.3 is 0 Å². The summed E-state index contributed by atoms with van der Waals surface area (Å²) in [5.41, 5.74) is 6.85. The average Bonchev–Trinajstić information content (AvgIpc) is 2.81. The number of anilines is 2. The number of nitrogens with zero attached hydrogens (tertiary/aromatic N) is 2. The van der Waals surface area contributed by atoms with E-state index in [4.69, 9.17) is 29.6 Å². The van der Waals surface area contributed by atoms with Crippen LogP contribution in [0.15, 0.2) is 30.5 Å². The zero-order chi connectivity index (χ0) is 15.4. The zero-order valence-corrected chi connectivity index (χ0v) is 12.8. The molecule has 0 aliphatic carbocycles. The van der Waals surface area contributed by atoms with Gasteiger partial charge in [0.1, 0.15) is 5.69 Å². The lowest BCUT2D eigenvalue weighted by atomic mass is 10.3. The molecule has 0 radical (unpaired) electrons. The normalized spacial score (nSPS) is 10.2. The third kappa shape index (κ3) is 3.71. The first-order valence-corrected chi connectivity index (χ1v) is 6.99. The van der Waals surface area contributed by atoms with E-state index in [2.05, 4.69) is 15.7 Å². The highest BCUT2D eigenvalue weighted by molar-refractivity contribution is 7.80. The fourth-order valence-corrected chi connectivity index (χ4v) is 2.25. The van der Waals surface area contributed by atoms with E-state index < -0.39 is 5.91 Å². The van der Waals surface area contributed by atoms with Gasteiger partial charge in [0, 0.05) is 17.3 Å². The molecule has 0 atom stereocenters. The molecule has 0 saturated heterocycles. The maximum Gasteiger partial charge on any atom is 0.269 e. The monoisotopic (exact) mass is 323 g/mol. The number of carbonyl (C=O) groups excluding carboxylic acids is 1. The van der Waals surface area contributed by atoms with Gasteiger partial charge in [0.2, 0.25) is 0 Å². The number of hydrogen-bond acceptors (Lipinski definition) is 3. The molecule has 1 aromatic carbocycles. The topological polar surface area (TPSA) is 85.0 Å². The molecule has 1 amide bonds. The van der Waals surface area contributed by atoms with Crippen molar-refractivity contribution in [1.82, 2.24) is 9.78 Å². The molecule has 0 fully saturated rings. The van der Waals surface area contributed by atoms with E-state index in [0.717, 1.165) is 5.69 Å². The molecule has 21 heavy (non-hydrogen) atoms. The largest absolute Gasteiger partial charge is 0.364 e. The molecule has 2 rings (SSSR count). The maximum absolute atomic E-state index is 11.5. The summed E-state index contributed by atoms with van der Waals surface area (Å²) in [4.78, 5) is 11.5. The minimum absolute atomic E-state index is 0.285. The van der Waals surface area contributed by atoms with Crippen LogP contribution in [0, 0.1) is 0 Å². The van der Waals surface area contributed by atoms with Gasteiger partial charge in [-0.25, -0.2) is 0 Å². The van der Waals surface area contributed by atoms with Crippen LogP contribution >= 0.6 is 23.8 Å². The Balaban J connectivity index is 2.13. The van der Waals surface area contributed by atoms with Crippen molar-refractivity contribution < 1.29 is 4.79 Å². The number of carbonyl (C=O) groups is 1. The molecule has 0 spiro atoms. The van der Waals surface area contributed by atoms with Crippen molar-refractivity contribution in [2.45, 2.75) is 13.5 Å². The van der Waals surface area contributed by atoms with E-state index in [-0.39, 0.29) is 5.69 Å². The number of rotatable bonds is 4. The SMILES string of the molecule is CCn1ncc(NC(=S)Nc2cccc(Cl)c2)c1C(N)=O. The van der Waals surface area contributed by atoms with E-state index >= 15 is 0 Å². The molecule has 0 aliphatic rings. The number of aromatic nitrogens is 2. The van der Waals surface area contributed by atoms with Crippen molar-refractivity contribution in [3.05, 3.63) is 41.2 Å². The molecule has 0 unspecified atom stereocenters.